The van der Waals surface area contributed by atoms with Crippen LogP contribution in [0.3, 0.4) is 0 Å². The highest BCUT2D eigenvalue weighted by Gasteiger charge is 2.07. The highest BCUT2D eigenvalue weighted by molar-refractivity contribution is 5.27. The number of hydrogen-bond acceptors (Lipinski definition) is 2. The van der Waals surface area contributed by atoms with Crippen LogP contribution in [0.2, 0.25) is 0 Å². The molecule has 0 atom stereocenters. The van der Waals surface area contributed by atoms with Crippen LogP contribution in [0, 0.1) is 35.5 Å². The minimum atomic E-state index is -0.527. The van der Waals surface area contributed by atoms with Gasteiger partial charge in [-0.1, -0.05) is 24.3 Å². The van der Waals surface area contributed by atoms with Gasteiger partial charge in [0, 0.05) is 6.42 Å². The van der Waals surface area contributed by atoms with E-state index in [2.05, 4.69) is 0 Å². The van der Waals surface area contributed by atoms with Gasteiger partial charge in [-0.2, -0.15) is 10.5 Å². The lowest BCUT2D eigenvalue weighted by atomic mass is 9.98. The maximum atomic E-state index is 8.61. The molecule has 13 heavy (non-hydrogen) atoms. The number of nitriles is 2. The van der Waals surface area contributed by atoms with Crippen LogP contribution in [0.5, 0.6) is 0 Å². The van der Waals surface area contributed by atoms with Gasteiger partial charge in [-0.3, -0.25) is 0 Å². The predicted octanol–water partition coefficient (Wildman–Crippen LogP) is 2.20. The second-order valence-electron chi connectivity index (χ2n) is 2.94. The molecule has 0 heterocycles. The van der Waals surface area contributed by atoms with Gasteiger partial charge in [0.2, 0.25) is 0 Å². The zero-order valence-electron chi connectivity index (χ0n) is 7.49. The molecule has 0 N–H and O–H groups in total. The average molecular weight is 170 g/mol. The lowest BCUT2D eigenvalue weighted by Crippen LogP contribution is -1.99. The van der Waals surface area contributed by atoms with E-state index in [1.807, 2.05) is 43.3 Å². The second kappa shape index (κ2) is 4.28. The van der Waals surface area contributed by atoms with Gasteiger partial charge < -0.3 is 0 Å². The molecule has 0 unspecified atom stereocenters. The van der Waals surface area contributed by atoms with Crippen molar-refractivity contribution >= 4 is 0 Å². The molecule has 0 aliphatic heterocycles. The summed E-state index contributed by atoms with van der Waals surface area (Å²) in [5, 5.41) is 17.2. The first-order valence-corrected chi connectivity index (χ1v) is 4.11. The van der Waals surface area contributed by atoms with Gasteiger partial charge >= 0.3 is 0 Å². The molecule has 0 bridgehead atoms. The van der Waals surface area contributed by atoms with Gasteiger partial charge in [-0.05, 0) is 18.1 Å². The minimum Gasteiger partial charge on any atom is -0.197 e. The summed E-state index contributed by atoms with van der Waals surface area (Å²) in [5.41, 5.74) is 2.22. The molecule has 2 nitrogen and oxygen atoms in total. The Balaban J connectivity index is 2.82. The van der Waals surface area contributed by atoms with Crippen molar-refractivity contribution in [2.24, 2.45) is 5.92 Å². The quantitative estimate of drug-likeness (QED) is 0.683. The Morgan fingerprint density at radius 3 is 2.38 bits per heavy atom. The molecule has 0 fully saturated rings. The van der Waals surface area contributed by atoms with Crippen molar-refractivity contribution in [3.63, 3.8) is 0 Å². The first-order chi connectivity index (χ1) is 6.27. The third kappa shape index (κ3) is 2.32. The molecule has 0 amide bonds. The van der Waals surface area contributed by atoms with Crippen molar-refractivity contribution in [1.82, 2.24) is 0 Å². The number of rotatable bonds is 2. The maximum absolute atomic E-state index is 8.61. The molecule has 0 aliphatic rings. The molecule has 0 aliphatic carbocycles. The van der Waals surface area contributed by atoms with Crippen molar-refractivity contribution in [2.45, 2.75) is 13.3 Å². The number of aryl methyl sites for hydroxylation is 1. The average Bonchev–Trinajstić information content (AvgIpc) is 2.17. The van der Waals surface area contributed by atoms with Gasteiger partial charge in [0.15, 0.2) is 0 Å². The van der Waals surface area contributed by atoms with Crippen LogP contribution in [0.1, 0.15) is 11.1 Å². The Hall–Kier alpha value is -1.80. The van der Waals surface area contributed by atoms with E-state index in [9.17, 15) is 0 Å². The predicted molar refractivity (Wildman–Crippen MR) is 49.6 cm³/mol. The highest BCUT2D eigenvalue weighted by Crippen LogP contribution is 2.12. The number of nitrogens with zero attached hydrogens (tertiary/aromatic N) is 2. The monoisotopic (exact) mass is 170 g/mol. The van der Waals surface area contributed by atoms with Crippen molar-refractivity contribution in [2.75, 3.05) is 0 Å². The van der Waals surface area contributed by atoms with E-state index in [1.165, 1.54) is 0 Å². The van der Waals surface area contributed by atoms with E-state index in [1.54, 1.807) is 0 Å². The van der Waals surface area contributed by atoms with Crippen LogP contribution in [-0.4, -0.2) is 0 Å². The van der Waals surface area contributed by atoms with Crippen LogP contribution < -0.4 is 0 Å². The molecule has 0 saturated carbocycles. The third-order valence-corrected chi connectivity index (χ3v) is 2.00. The Morgan fingerprint density at radius 2 is 1.85 bits per heavy atom. The molecule has 2 heteroatoms. The lowest BCUT2D eigenvalue weighted by Gasteiger charge is -2.04. The van der Waals surface area contributed by atoms with Gasteiger partial charge in [-0.15, -0.1) is 0 Å². The standard InChI is InChI=1S/C11H10N2/c1-9-4-2-3-5-11(9)6-10(7-12)8-13/h2-5,10H,6H2,1H3. The number of benzene rings is 1. The van der Waals surface area contributed by atoms with Crippen LogP contribution >= 0.6 is 0 Å². The third-order valence-electron chi connectivity index (χ3n) is 2.00. The first-order valence-electron chi connectivity index (χ1n) is 4.11. The summed E-state index contributed by atoms with van der Waals surface area (Å²) < 4.78 is 0. The van der Waals surface area contributed by atoms with Crippen LogP contribution in [0.15, 0.2) is 24.3 Å². The van der Waals surface area contributed by atoms with E-state index in [-0.39, 0.29) is 0 Å². The van der Waals surface area contributed by atoms with Gasteiger partial charge in [0.1, 0.15) is 5.92 Å². The first kappa shape index (κ1) is 9.29. The zero-order chi connectivity index (χ0) is 9.68. The molecular formula is C11H10N2. The van der Waals surface area contributed by atoms with Crippen molar-refractivity contribution in [1.29, 1.82) is 10.5 Å². The van der Waals surface area contributed by atoms with Crippen molar-refractivity contribution in [3.05, 3.63) is 35.4 Å². The minimum absolute atomic E-state index is 0.527. The Labute approximate surface area is 78.0 Å². The summed E-state index contributed by atoms with van der Waals surface area (Å²) in [6, 6.07) is 11.8. The molecule has 0 saturated heterocycles. The SMILES string of the molecule is Cc1ccccc1CC(C#N)C#N. The van der Waals surface area contributed by atoms with Gasteiger partial charge in [0.25, 0.3) is 0 Å². The smallest absolute Gasteiger partial charge is 0.137 e. The summed E-state index contributed by atoms with van der Waals surface area (Å²) in [7, 11) is 0. The summed E-state index contributed by atoms with van der Waals surface area (Å²) in [6.45, 7) is 1.99. The fourth-order valence-electron chi connectivity index (χ4n) is 1.18. The van der Waals surface area contributed by atoms with E-state index in [0.717, 1.165) is 11.1 Å². The molecule has 0 aromatic heterocycles. The summed E-state index contributed by atoms with van der Waals surface area (Å²) in [4.78, 5) is 0. The van der Waals surface area contributed by atoms with Crippen LogP contribution in [-0.2, 0) is 6.42 Å². The fraction of sp³-hybridized carbons (Fsp3) is 0.273. The molecule has 1 aromatic carbocycles. The fourth-order valence-corrected chi connectivity index (χ4v) is 1.18. The van der Waals surface area contributed by atoms with Gasteiger partial charge in [-0.25, -0.2) is 0 Å². The van der Waals surface area contributed by atoms with E-state index >= 15 is 0 Å². The largest absolute Gasteiger partial charge is 0.197 e. The normalized spacial score (nSPS) is 9.23. The van der Waals surface area contributed by atoms with E-state index in [4.69, 9.17) is 10.5 Å². The molecular weight excluding hydrogens is 160 g/mol. The van der Waals surface area contributed by atoms with Crippen molar-refractivity contribution in [3.8, 4) is 12.1 Å². The van der Waals surface area contributed by atoms with E-state index in [0.29, 0.717) is 6.42 Å². The highest BCUT2D eigenvalue weighted by atomic mass is 14.3. The maximum Gasteiger partial charge on any atom is 0.137 e. The van der Waals surface area contributed by atoms with Gasteiger partial charge in [0.05, 0.1) is 12.1 Å². The molecule has 64 valence electrons. The molecule has 0 spiro atoms. The zero-order valence-corrected chi connectivity index (χ0v) is 7.49. The molecule has 1 aromatic rings. The number of hydrogen-bond donors (Lipinski definition) is 0. The summed E-state index contributed by atoms with van der Waals surface area (Å²) in [5.74, 6) is -0.527. The topological polar surface area (TPSA) is 47.6 Å². The van der Waals surface area contributed by atoms with E-state index < -0.39 is 5.92 Å². The molecule has 1 rings (SSSR count). The summed E-state index contributed by atoms with van der Waals surface area (Å²) >= 11 is 0. The molecule has 0 radical (unpaired) electrons. The Kier molecular flexibility index (Phi) is 3.06. The van der Waals surface area contributed by atoms with Crippen LogP contribution in [0.4, 0.5) is 0 Å². The van der Waals surface area contributed by atoms with Crippen molar-refractivity contribution < 1.29 is 0 Å². The Morgan fingerprint density at radius 1 is 1.23 bits per heavy atom. The second-order valence-corrected chi connectivity index (χ2v) is 2.94. The lowest BCUT2D eigenvalue weighted by molar-refractivity contribution is 0.828. The Bertz CT molecular complexity index is 354. The van der Waals surface area contributed by atoms with Crippen LogP contribution in [0.25, 0.3) is 0 Å². The summed E-state index contributed by atoms with van der Waals surface area (Å²) in [6.07, 6.45) is 0.527.